The van der Waals surface area contributed by atoms with Crippen molar-refractivity contribution in [2.45, 2.75) is 18.8 Å². The van der Waals surface area contributed by atoms with Crippen molar-refractivity contribution in [3.8, 4) is 5.69 Å². The fraction of sp³-hybridized carbons (Fsp3) is 0.393. The molecule has 188 valence electrons. The van der Waals surface area contributed by atoms with Crippen LogP contribution in [-0.4, -0.2) is 78.3 Å². The Labute approximate surface area is 211 Å². The second-order valence-corrected chi connectivity index (χ2v) is 10.0. The number of fused-ring (bicyclic) bond motifs is 1. The highest BCUT2D eigenvalue weighted by Gasteiger charge is 2.26. The molecule has 2 fully saturated rings. The number of aromatic nitrogens is 1. The number of nitrogens with one attached hydrogen (secondary N) is 1. The van der Waals surface area contributed by atoms with Gasteiger partial charge in [-0.05, 0) is 79.9 Å². The van der Waals surface area contributed by atoms with E-state index in [0.29, 0.717) is 5.92 Å². The first-order valence-corrected chi connectivity index (χ1v) is 12.9. The number of urea groups is 1. The molecular weight excluding hydrogens is 455 g/mol. The number of hydrazine groups is 1. The number of benzene rings is 2. The van der Waals surface area contributed by atoms with Crippen molar-refractivity contribution in [2.24, 2.45) is 0 Å². The van der Waals surface area contributed by atoms with Crippen LogP contribution in [0.3, 0.4) is 0 Å². The van der Waals surface area contributed by atoms with Crippen LogP contribution in [0.15, 0.2) is 60.9 Å². The Hall–Kier alpha value is -3.36. The van der Waals surface area contributed by atoms with E-state index in [1.807, 2.05) is 17.0 Å². The quantitative estimate of drug-likeness (QED) is 0.566. The molecule has 1 aromatic heterocycles. The minimum atomic E-state index is -0.222. The Morgan fingerprint density at radius 3 is 2.47 bits per heavy atom. The topological polar surface area (TPSA) is 47.0 Å². The zero-order chi connectivity index (χ0) is 24.6. The van der Waals surface area contributed by atoms with Gasteiger partial charge in [-0.1, -0.05) is 6.08 Å². The minimum absolute atomic E-state index is 0.0628. The molecule has 0 unspecified atom stereocenters. The Morgan fingerprint density at radius 2 is 1.78 bits per heavy atom. The second-order valence-electron chi connectivity index (χ2n) is 10.0. The third-order valence-corrected chi connectivity index (χ3v) is 7.83. The number of likely N-dealkylation sites (N-methyl/N-ethyl adjacent to an activating group) is 1. The van der Waals surface area contributed by atoms with Gasteiger partial charge in [0.05, 0.1) is 11.2 Å². The molecule has 1 N–H and O–H groups in total. The lowest BCUT2D eigenvalue weighted by Gasteiger charge is -2.33. The largest absolute Gasteiger partial charge is 0.336 e. The van der Waals surface area contributed by atoms with Gasteiger partial charge in [-0.15, -0.1) is 0 Å². The van der Waals surface area contributed by atoms with Gasteiger partial charge in [0, 0.05) is 63.2 Å². The summed E-state index contributed by atoms with van der Waals surface area (Å²) in [5, 5.41) is 8.53. The van der Waals surface area contributed by atoms with Crippen LogP contribution in [0.2, 0.25) is 0 Å². The second kappa shape index (κ2) is 9.59. The van der Waals surface area contributed by atoms with E-state index in [-0.39, 0.29) is 11.8 Å². The first kappa shape index (κ1) is 23.1. The lowest BCUT2D eigenvalue weighted by Crippen LogP contribution is -2.40. The van der Waals surface area contributed by atoms with E-state index in [4.69, 9.17) is 0 Å². The monoisotopic (exact) mass is 488 g/mol. The molecular formula is C28H33FN6O. The highest BCUT2D eigenvalue weighted by Crippen LogP contribution is 2.38. The first-order valence-electron chi connectivity index (χ1n) is 12.9. The van der Waals surface area contributed by atoms with Crippen LogP contribution >= 0.6 is 0 Å². The van der Waals surface area contributed by atoms with Crippen LogP contribution in [-0.2, 0) is 0 Å². The lowest BCUT2D eigenvalue weighted by molar-refractivity contribution is 0.181. The highest BCUT2D eigenvalue weighted by atomic mass is 19.1. The van der Waals surface area contributed by atoms with Gasteiger partial charge in [0.2, 0.25) is 0 Å². The average molecular weight is 489 g/mol. The SMILES string of the molecule is CN1CC=CN1c1ccc2c(c1)c(C1CCN(CCN3CCNC3=O)CC1)cn2-c1ccc(F)cc1. The molecule has 0 aliphatic carbocycles. The molecule has 0 atom stereocenters. The first-order chi connectivity index (χ1) is 17.6. The summed E-state index contributed by atoms with van der Waals surface area (Å²) < 4.78 is 15.8. The predicted molar refractivity (Wildman–Crippen MR) is 141 cm³/mol. The number of carbonyl (C=O) groups is 1. The Bertz CT molecular complexity index is 1280. The molecule has 6 rings (SSSR count). The number of likely N-dealkylation sites (tertiary alicyclic amines) is 1. The van der Waals surface area contributed by atoms with Crippen LogP contribution < -0.4 is 10.3 Å². The molecule has 4 heterocycles. The average Bonchev–Trinajstić information content (AvgIpc) is 3.61. The summed E-state index contributed by atoms with van der Waals surface area (Å²) in [5.74, 6) is 0.239. The van der Waals surface area contributed by atoms with E-state index in [0.717, 1.165) is 75.5 Å². The molecule has 2 saturated heterocycles. The molecule has 3 aromatic rings. The number of nitrogens with zero attached hydrogens (tertiary/aromatic N) is 5. The fourth-order valence-electron chi connectivity index (χ4n) is 5.77. The van der Waals surface area contributed by atoms with Gasteiger partial charge < -0.3 is 19.7 Å². The number of rotatable bonds is 6. The molecule has 2 aromatic carbocycles. The summed E-state index contributed by atoms with van der Waals surface area (Å²) in [6.07, 6.45) is 8.72. The van der Waals surface area contributed by atoms with E-state index in [1.165, 1.54) is 23.1 Å². The Morgan fingerprint density at radius 1 is 1.00 bits per heavy atom. The lowest BCUT2D eigenvalue weighted by atomic mass is 9.89. The van der Waals surface area contributed by atoms with Gasteiger partial charge >= 0.3 is 6.03 Å². The van der Waals surface area contributed by atoms with Gasteiger partial charge in [0.15, 0.2) is 0 Å². The number of carbonyl (C=O) groups excluding carboxylic acids is 1. The third-order valence-electron chi connectivity index (χ3n) is 7.83. The summed E-state index contributed by atoms with van der Waals surface area (Å²) in [5.41, 5.74) is 4.63. The normalized spacial score (nSPS) is 19.7. The molecule has 36 heavy (non-hydrogen) atoms. The van der Waals surface area contributed by atoms with Crippen molar-refractivity contribution in [1.29, 1.82) is 0 Å². The Balaban J connectivity index is 1.27. The number of hydrogen-bond acceptors (Lipinski definition) is 4. The van der Waals surface area contributed by atoms with Crippen molar-refractivity contribution < 1.29 is 9.18 Å². The maximum Gasteiger partial charge on any atom is 0.317 e. The fourth-order valence-corrected chi connectivity index (χ4v) is 5.77. The van der Waals surface area contributed by atoms with Gasteiger partial charge in [-0.3, -0.25) is 5.01 Å². The van der Waals surface area contributed by atoms with Gasteiger partial charge in [0.1, 0.15) is 5.82 Å². The van der Waals surface area contributed by atoms with Crippen LogP contribution in [0.5, 0.6) is 0 Å². The van der Waals surface area contributed by atoms with Crippen LogP contribution in [0.25, 0.3) is 16.6 Å². The summed E-state index contributed by atoms with van der Waals surface area (Å²) >= 11 is 0. The maximum atomic E-state index is 13.6. The zero-order valence-corrected chi connectivity index (χ0v) is 20.7. The summed E-state index contributed by atoms with van der Waals surface area (Å²) in [6.45, 7) is 6.24. The molecule has 0 radical (unpaired) electrons. The van der Waals surface area contributed by atoms with Crippen LogP contribution in [0.1, 0.15) is 24.3 Å². The zero-order valence-electron chi connectivity index (χ0n) is 20.7. The number of piperidine rings is 1. The van der Waals surface area contributed by atoms with E-state index in [9.17, 15) is 9.18 Å². The van der Waals surface area contributed by atoms with Gasteiger partial charge in [-0.25, -0.2) is 14.2 Å². The van der Waals surface area contributed by atoms with Crippen molar-refractivity contribution in [1.82, 2.24) is 24.7 Å². The minimum Gasteiger partial charge on any atom is -0.336 e. The van der Waals surface area contributed by atoms with E-state index >= 15 is 0 Å². The van der Waals surface area contributed by atoms with E-state index in [2.05, 4.69) is 68.5 Å². The number of hydrogen-bond donors (Lipinski definition) is 1. The maximum absolute atomic E-state index is 13.6. The predicted octanol–water partition coefficient (Wildman–Crippen LogP) is 4.15. The van der Waals surface area contributed by atoms with Crippen LogP contribution in [0, 0.1) is 5.82 Å². The molecule has 8 heteroatoms. The molecule has 0 saturated carbocycles. The van der Waals surface area contributed by atoms with E-state index < -0.39 is 0 Å². The summed E-state index contributed by atoms with van der Waals surface area (Å²) in [4.78, 5) is 16.2. The summed E-state index contributed by atoms with van der Waals surface area (Å²) in [6, 6.07) is 13.5. The van der Waals surface area contributed by atoms with Crippen molar-refractivity contribution >= 4 is 22.6 Å². The van der Waals surface area contributed by atoms with Crippen molar-refractivity contribution in [2.75, 3.05) is 57.9 Å². The molecule has 3 aliphatic rings. The van der Waals surface area contributed by atoms with E-state index in [1.54, 1.807) is 0 Å². The standard InChI is InChI=1S/C28H33FN6O/c1-31-12-2-13-35(31)24-7-8-27-25(19-24)26(20-34(27)23-5-3-22(29)4-6-23)21-9-14-32(15-10-21)17-18-33-16-11-30-28(33)36/h2-8,13,19-21H,9-12,14-18H2,1H3,(H,30,36). The smallest absolute Gasteiger partial charge is 0.317 e. The van der Waals surface area contributed by atoms with Gasteiger partial charge in [0.25, 0.3) is 0 Å². The van der Waals surface area contributed by atoms with Crippen molar-refractivity contribution in [3.05, 3.63) is 72.3 Å². The van der Waals surface area contributed by atoms with Crippen LogP contribution in [0.4, 0.5) is 14.9 Å². The molecule has 0 bridgehead atoms. The molecule has 3 aliphatic heterocycles. The number of amides is 2. The van der Waals surface area contributed by atoms with Gasteiger partial charge in [-0.2, -0.15) is 0 Å². The number of halogens is 1. The number of anilines is 1. The molecule has 2 amide bonds. The Kier molecular flexibility index (Phi) is 6.15. The molecule has 7 nitrogen and oxygen atoms in total. The van der Waals surface area contributed by atoms with Crippen molar-refractivity contribution in [3.63, 3.8) is 0 Å². The summed E-state index contributed by atoms with van der Waals surface area (Å²) in [7, 11) is 2.09. The molecule has 0 spiro atoms. The third kappa shape index (κ3) is 4.35. The highest BCUT2D eigenvalue weighted by molar-refractivity contribution is 5.89.